The van der Waals surface area contributed by atoms with Gasteiger partial charge in [0.05, 0.1) is 17.7 Å². The van der Waals surface area contributed by atoms with E-state index in [1.54, 1.807) is 11.0 Å². The van der Waals surface area contributed by atoms with Gasteiger partial charge in [-0.1, -0.05) is 31.2 Å². The normalized spacial score (nSPS) is 26.0. The third kappa shape index (κ3) is 3.93. The fourth-order valence-corrected chi connectivity index (χ4v) is 5.08. The average molecular weight is 448 g/mol. The number of hydrogen-bond acceptors (Lipinski definition) is 5. The van der Waals surface area contributed by atoms with E-state index in [0.717, 1.165) is 42.6 Å². The molecule has 3 aliphatic heterocycles. The molecule has 0 aliphatic carbocycles. The molecule has 3 heterocycles. The van der Waals surface area contributed by atoms with Gasteiger partial charge in [-0.15, -0.1) is 0 Å². The first-order valence-electron chi connectivity index (χ1n) is 11.7. The lowest BCUT2D eigenvalue weighted by Crippen LogP contribution is -2.36. The van der Waals surface area contributed by atoms with E-state index in [1.165, 1.54) is 5.56 Å². The Balaban J connectivity index is 1.59. The Morgan fingerprint density at radius 2 is 1.94 bits per heavy atom. The Morgan fingerprint density at radius 1 is 1.15 bits per heavy atom. The van der Waals surface area contributed by atoms with E-state index in [0.29, 0.717) is 18.7 Å². The van der Waals surface area contributed by atoms with Crippen molar-refractivity contribution >= 4 is 17.4 Å². The van der Waals surface area contributed by atoms with E-state index in [1.807, 2.05) is 43.3 Å². The molecular weight excluding hydrogens is 418 g/mol. The molecule has 3 atom stereocenters. The van der Waals surface area contributed by atoms with Crippen molar-refractivity contribution < 1.29 is 24.2 Å². The van der Waals surface area contributed by atoms with Crippen molar-refractivity contribution in [2.24, 2.45) is 0 Å². The predicted molar refractivity (Wildman–Crippen MR) is 124 cm³/mol. The minimum atomic E-state index is -0.653. The second kappa shape index (κ2) is 8.67. The number of ether oxygens (including phenoxy) is 2. The van der Waals surface area contributed by atoms with Gasteiger partial charge >= 0.3 is 0 Å². The summed E-state index contributed by atoms with van der Waals surface area (Å²) in [5, 5.41) is 11.3. The molecule has 6 nitrogen and oxygen atoms in total. The number of benzene rings is 2. The summed E-state index contributed by atoms with van der Waals surface area (Å²) in [6.45, 7) is 5.07. The molecule has 1 amide bonds. The number of carbonyl (C=O) groups excluding carboxylic acids is 2. The lowest BCUT2D eigenvalue weighted by Gasteiger charge is -2.27. The van der Waals surface area contributed by atoms with E-state index >= 15 is 0 Å². The molecule has 0 aromatic heterocycles. The van der Waals surface area contributed by atoms with E-state index in [2.05, 4.69) is 6.92 Å². The quantitative estimate of drug-likeness (QED) is 0.423. The summed E-state index contributed by atoms with van der Waals surface area (Å²) >= 11 is 0. The lowest BCUT2D eigenvalue weighted by molar-refractivity contribution is -0.140. The molecule has 6 heteroatoms. The number of Topliss-reactive ketones (excluding diaryl/α,β-unsaturated/α-hetero) is 1. The number of aryl methyl sites for hydroxylation is 1. The van der Waals surface area contributed by atoms with Crippen LogP contribution in [0.15, 0.2) is 48.0 Å². The molecule has 1 N–H and O–H groups in total. The first kappa shape index (κ1) is 21.7. The van der Waals surface area contributed by atoms with Crippen LogP contribution in [-0.4, -0.2) is 47.1 Å². The van der Waals surface area contributed by atoms with E-state index in [-0.39, 0.29) is 23.5 Å². The number of aliphatic hydroxyl groups excluding tert-OH is 1. The topological polar surface area (TPSA) is 76.1 Å². The van der Waals surface area contributed by atoms with E-state index in [4.69, 9.17) is 9.47 Å². The number of ketones is 1. The number of aliphatic hydroxyl groups is 1. The average Bonchev–Trinajstić information content (AvgIpc) is 3.53. The van der Waals surface area contributed by atoms with Crippen molar-refractivity contribution in [2.45, 2.75) is 57.8 Å². The van der Waals surface area contributed by atoms with Crippen LogP contribution in [0.5, 0.6) is 5.75 Å². The summed E-state index contributed by atoms with van der Waals surface area (Å²) < 4.78 is 11.5. The minimum absolute atomic E-state index is 0.0754. The number of carbonyl (C=O) groups is 2. The number of rotatable bonds is 5. The maximum absolute atomic E-state index is 13.2. The molecule has 33 heavy (non-hydrogen) atoms. The SMILES string of the molecule is CCc1ccc([C@@H]2C(=C(O)c3ccc4c(c3)C[C@@H](C)O4)C(=O)C(=O)N2C[C@@H]2CCCO2)cc1. The van der Waals surface area contributed by atoms with Crippen molar-refractivity contribution in [1.29, 1.82) is 0 Å². The van der Waals surface area contributed by atoms with Crippen LogP contribution in [0.4, 0.5) is 0 Å². The molecule has 5 rings (SSSR count). The van der Waals surface area contributed by atoms with Crippen LogP contribution in [0.2, 0.25) is 0 Å². The fourth-order valence-electron chi connectivity index (χ4n) is 5.08. The maximum Gasteiger partial charge on any atom is 0.295 e. The summed E-state index contributed by atoms with van der Waals surface area (Å²) in [6.07, 6.45) is 3.41. The van der Waals surface area contributed by atoms with Gasteiger partial charge in [-0.2, -0.15) is 0 Å². The third-order valence-corrected chi connectivity index (χ3v) is 6.84. The van der Waals surface area contributed by atoms with Crippen LogP contribution in [0.25, 0.3) is 5.76 Å². The molecule has 0 saturated carbocycles. The van der Waals surface area contributed by atoms with Crippen molar-refractivity contribution in [2.75, 3.05) is 13.2 Å². The molecule has 2 saturated heterocycles. The fraction of sp³-hybridized carbons (Fsp3) is 0.407. The van der Waals surface area contributed by atoms with Gasteiger partial charge in [0.25, 0.3) is 11.7 Å². The Kier molecular flexibility index (Phi) is 5.71. The molecular formula is C27H29NO5. The van der Waals surface area contributed by atoms with Crippen molar-refractivity contribution in [1.82, 2.24) is 4.90 Å². The Bertz CT molecular complexity index is 1110. The van der Waals surface area contributed by atoms with E-state index < -0.39 is 17.7 Å². The molecule has 172 valence electrons. The molecule has 2 aromatic carbocycles. The largest absolute Gasteiger partial charge is 0.507 e. The summed E-state index contributed by atoms with van der Waals surface area (Å²) in [5.41, 5.74) is 3.63. The summed E-state index contributed by atoms with van der Waals surface area (Å²) in [5.74, 6) is -0.588. The van der Waals surface area contributed by atoms with Crippen molar-refractivity contribution in [3.63, 3.8) is 0 Å². The van der Waals surface area contributed by atoms with Crippen molar-refractivity contribution in [3.05, 3.63) is 70.3 Å². The van der Waals surface area contributed by atoms with Crippen LogP contribution in [0.1, 0.15) is 55.0 Å². The second-order valence-electron chi connectivity index (χ2n) is 9.14. The molecule has 0 unspecified atom stereocenters. The van der Waals surface area contributed by atoms with Gasteiger partial charge in [0.1, 0.15) is 17.6 Å². The zero-order chi connectivity index (χ0) is 23.1. The Labute approximate surface area is 193 Å². The van der Waals surface area contributed by atoms with Crippen LogP contribution in [0, 0.1) is 0 Å². The van der Waals surface area contributed by atoms with Gasteiger partial charge in [-0.25, -0.2) is 0 Å². The Hall–Kier alpha value is -3.12. The van der Waals surface area contributed by atoms with Gasteiger partial charge < -0.3 is 19.5 Å². The molecule has 0 spiro atoms. The molecule has 0 radical (unpaired) electrons. The predicted octanol–water partition coefficient (Wildman–Crippen LogP) is 4.17. The highest BCUT2D eigenvalue weighted by atomic mass is 16.5. The zero-order valence-corrected chi connectivity index (χ0v) is 19.0. The zero-order valence-electron chi connectivity index (χ0n) is 19.0. The minimum Gasteiger partial charge on any atom is -0.507 e. The highest BCUT2D eigenvalue weighted by Gasteiger charge is 2.47. The highest BCUT2D eigenvalue weighted by Crippen LogP contribution is 2.41. The van der Waals surface area contributed by atoms with Crippen LogP contribution < -0.4 is 4.74 Å². The summed E-state index contributed by atoms with van der Waals surface area (Å²) in [6, 6.07) is 12.7. The smallest absolute Gasteiger partial charge is 0.295 e. The number of hydrogen-bond donors (Lipinski definition) is 1. The van der Waals surface area contributed by atoms with Gasteiger partial charge in [0.2, 0.25) is 0 Å². The van der Waals surface area contributed by atoms with Crippen LogP contribution >= 0.6 is 0 Å². The van der Waals surface area contributed by atoms with Gasteiger partial charge in [-0.3, -0.25) is 9.59 Å². The van der Waals surface area contributed by atoms with E-state index in [9.17, 15) is 14.7 Å². The highest BCUT2D eigenvalue weighted by molar-refractivity contribution is 6.46. The van der Waals surface area contributed by atoms with Gasteiger partial charge in [-0.05, 0) is 61.1 Å². The van der Waals surface area contributed by atoms with Gasteiger partial charge in [0, 0.05) is 25.1 Å². The molecule has 0 bridgehead atoms. The molecule has 2 aromatic rings. The maximum atomic E-state index is 13.2. The first-order chi connectivity index (χ1) is 16.0. The first-order valence-corrected chi connectivity index (χ1v) is 11.7. The molecule has 3 aliphatic rings. The standard InChI is InChI=1S/C27H29NO5/c1-3-17-6-8-18(9-7-17)24-23(26(30)27(31)28(24)15-21-5-4-12-32-21)25(29)19-10-11-22-20(14-19)13-16(2)33-22/h6-11,14,16,21,24,29H,3-5,12-13,15H2,1-2H3/t16-,21+,24-/m1/s1. The Morgan fingerprint density at radius 3 is 2.64 bits per heavy atom. The monoisotopic (exact) mass is 447 g/mol. The summed E-state index contributed by atoms with van der Waals surface area (Å²) in [4.78, 5) is 27.9. The molecule has 2 fully saturated rings. The second-order valence-corrected chi connectivity index (χ2v) is 9.14. The van der Waals surface area contributed by atoms with Crippen molar-refractivity contribution in [3.8, 4) is 5.75 Å². The third-order valence-electron chi connectivity index (χ3n) is 6.84. The number of likely N-dealkylation sites (tertiary alicyclic amines) is 1. The lowest BCUT2D eigenvalue weighted by atomic mass is 9.93. The van der Waals surface area contributed by atoms with Crippen LogP contribution in [-0.2, 0) is 27.2 Å². The summed E-state index contributed by atoms with van der Waals surface area (Å²) in [7, 11) is 0. The van der Waals surface area contributed by atoms with Crippen LogP contribution in [0.3, 0.4) is 0 Å². The number of amides is 1. The number of fused-ring (bicyclic) bond motifs is 1. The number of nitrogens with zero attached hydrogens (tertiary/aromatic N) is 1. The van der Waals surface area contributed by atoms with Gasteiger partial charge in [0.15, 0.2) is 0 Å².